The van der Waals surface area contributed by atoms with Crippen molar-refractivity contribution in [2.24, 2.45) is 0 Å². The second kappa shape index (κ2) is 8.32. The van der Waals surface area contributed by atoms with Gasteiger partial charge < -0.3 is 10.2 Å². The molecule has 0 bridgehead atoms. The average molecular weight is 292 g/mol. The maximum absolute atomic E-state index is 12.0. The van der Waals surface area contributed by atoms with Gasteiger partial charge in [0.05, 0.1) is 5.75 Å². The second-order valence-electron chi connectivity index (χ2n) is 5.20. The van der Waals surface area contributed by atoms with Gasteiger partial charge in [0.25, 0.3) is 0 Å². The van der Waals surface area contributed by atoms with Crippen LogP contribution >= 0.6 is 11.8 Å². The van der Waals surface area contributed by atoms with E-state index in [1.807, 2.05) is 4.90 Å². The number of hydrogen-bond acceptors (Lipinski definition) is 3. The van der Waals surface area contributed by atoms with Crippen LogP contribution < -0.4 is 5.32 Å². The molecule has 20 heavy (non-hydrogen) atoms. The lowest BCUT2D eigenvalue weighted by Gasteiger charge is -2.14. The number of nitrogens with one attached hydrogen (secondary N) is 1. The van der Waals surface area contributed by atoms with Gasteiger partial charge >= 0.3 is 0 Å². The monoisotopic (exact) mass is 292 g/mol. The van der Waals surface area contributed by atoms with Crippen molar-refractivity contribution in [3.63, 3.8) is 0 Å². The van der Waals surface area contributed by atoms with Gasteiger partial charge in [0.2, 0.25) is 5.91 Å². The summed E-state index contributed by atoms with van der Waals surface area (Å²) in [4.78, 5) is 15.2. The van der Waals surface area contributed by atoms with Gasteiger partial charge in [-0.1, -0.05) is 19.1 Å². The minimum atomic E-state index is 0.280. The van der Waals surface area contributed by atoms with Gasteiger partial charge in [-0.15, -0.1) is 11.8 Å². The summed E-state index contributed by atoms with van der Waals surface area (Å²) in [7, 11) is 0. The largest absolute Gasteiger partial charge is 0.342 e. The highest BCUT2D eigenvalue weighted by molar-refractivity contribution is 8.00. The lowest BCUT2D eigenvalue weighted by molar-refractivity contribution is -0.127. The zero-order chi connectivity index (χ0) is 14.2. The number of nitrogens with zero attached hydrogens (tertiary/aromatic N) is 1. The molecule has 0 aliphatic carbocycles. The third-order valence-corrected chi connectivity index (χ3v) is 4.45. The standard InChI is InChI=1S/C16H24N2OS/c1-2-8-17-12-14-6-5-7-15(11-14)20-13-16(19)18-9-3-4-10-18/h5-7,11,17H,2-4,8-10,12-13H2,1H3. The van der Waals surface area contributed by atoms with Crippen molar-refractivity contribution < 1.29 is 4.79 Å². The number of benzene rings is 1. The molecular formula is C16H24N2OS. The van der Waals surface area contributed by atoms with Crippen LogP contribution in [0.1, 0.15) is 31.7 Å². The molecule has 0 radical (unpaired) electrons. The Kier molecular flexibility index (Phi) is 6.40. The summed E-state index contributed by atoms with van der Waals surface area (Å²) in [6, 6.07) is 8.48. The molecule has 110 valence electrons. The van der Waals surface area contributed by atoms with Gasteiger partial charge in [-0.25, -0.2) is 0 Å². The molecule has 0 saturated carbocycles. The number of thioether (sulfide) groups is 1. The Hall–Kier alpha value is -1.00. The van der Waals surface area contributed by atoms with Crippen LogP contribution in [0.4, 0.5) is 0 Å². The van der Waals surface area contributed by atoms with Gasteiger partial charge in [0.15, 0.2) is 0 Å². The Bertz CT molecular complexity index is 430. The number of rotatable bonds is 7. The third kappa shape index (κ3) is 4.84. The van der Waals surface area contributed by atoms with E-state index in [1.54, 1.807) is 11.8 Å². The molecule has 0 atom stereocenters. The van der Waals surface area contributed by atoms with E-state index < -0.39 is 0 Å². The zero-order valence-electron chi connectivity index (χ0n) is 12.2. The van der Waals surface area contributed by atoms with E-state index in [2.05, 4.69) is 36.5 Å². The van der Waals surface area contributed by atoms with E-state index in [0.717, 1.165) is 45.4 Å². The zero-order valence-corrected chi connectivity index (χ0v) is 13.0. The topological polar surface area (TPSA) is 32.3 Å². The molecule has 1 amide bonds. The molecule has 1 aromatic carbocycles. The Morgan fingerprint density at radius 3 is 2.90 bits per heavy atom. The van der Waals surface area contributed by atoms with Crippen LogP contribution in [0.3, 0.4) is 0 Å². The van der Waals surface area contributed by atoms with Crippen LogP contribution in [0.15, 0.2) is 29.2 Å². The molecule has 3 nitrogen and oxygen atoms in total. The molecule has 0 unspecified atom stereocenters. The highest BCUT2D eigenvalue weighted by Crippen LogP contribution is 2.20. The molecule has 1 heterocycles. The number of hydrogen-bond donors (Lipinski definition) is 1. The number of likely N-dealkylation sites (tertiary alicyclic amines) is 1. The van der Waals surface area contributed by atoms with Crippen molar-refractivity contribution in [1.29, 1.82) is 0 Å². The summed E-state index contributed by atoms with van der Waals surface area (Å²) in [6.07, 6.45) is 3.47. The average Bonchev–Trinajstić information content (AvgIpc) is 3.00. The van der Waals surface area contributed by atoms with Crippen LogP contribution in [0, 0.1) is 0 Å². The summed E-state index contributed by atoms with van der Waals surface area (Å²) in [5.41, 5.74) is 1.29. The van der Waals surface area contributed by atoms with E-state index in [1.165, 1.54) is 10.5 Å². The quantitative estimate of drug-likeness (QED) is 0.619. The molecule has 1 aliphatic rings. The first kappa shape index (κ1) is 15.4. The van der Waals surface area contributed by atoms with E-state index in [0.29, 0.717) is 5.75 Å². The van der Waals surface area contributed by atoms with Gasteiger partial charge in [0.1, 0.15) is 0 Å². The first-order valence-corrected chi connectivity index (χ1v) is 8.48. The summed E-state index contributed by atoms with van der Waals surface area (Å²) < 4.78 is 0. The van der Waals surface area contributed by atoms with E-state index in [9.17, 15) is 4.79 Å². The lowest BCUT2D eigenvalue weighted by atomic mass is 10.2. The number of carbonyl (C=O) groups is 1. The van der Waals surface area contributed by atoms with Crippen LogP contribution in [0.5, 0.6) is 0 Å². The highest BCUT2D eigenvalue weighted by Gasteiger charge is 2.17. The van der Waals surface area contributed by atoms with Crippen molar-refractivity contribution in [2.45, 2.75) is 37.6 Å². The van der Waals surface area contributed by atoms with Gasteiger partial charge in [0, 0.05) is 24.5 Å². The molecule has 0 aromatic heterocycles. The predicted octanol–water partition coefficient (Wildman–Crippen LogP) is 2.90. The van der Waals surface area contributed by atoms with Crippen molar-refractivity contribution in [2.75, 3.05) is 25.4 Å². The Labute approximate surface area is 126 Å². The first-order chi connectivity index (χ1) is 9.79. The van der Waals surface area contributed by atoms with E-state index in [-0.39, 0.29) is 5.91 Å². The maximum atomic E-state index is 12.0. The maximum Gasteiger partial charge on any atom is 0.232 e. The van der Waals surface area contributed by atoms with E-state index >= 15 is 0 Å². The van der Waals surface area contributed by atoms with Crippen molar-refractivity contribution >= 4 is 17.7 Å². The minimum absolute atomic E-state index is 0.280. The van der Waals surface area contributed by atoms with Crippen LogP contribution in [0.25, 0.3) is 0 Å². The van der Waals surface area contributed by atoms with Crippen LogP contribution in [-0.2, 0) is 11.3 Å². The third-order valence-electron chi connectivity index (χ3n) is 3.48. The first-order valence-electron chi connectivity index (χ1n) is 7.50. The summed E-state index contributed by atoms with van der Waals surface area (Å²) >= 11 is 1.65. The summed E-state index contributed by atoms with van der Waals surface area (Å²) in [6.45, 7) is 6.01. The Morgan fingerprint density at radius 2 is 2.15 bits per heavy atom. The smallest absolute Gasteiger partial charge is 0.232 e. The SMILES string of the molecule is CCCNCc1cccc(SCC(=O)N2CCCC2)c1. The summed E-state index contributed by atoms with van der Waals surface area (Å²) in [5.74, 6) is 0.841. The molecule has 1 aliphatic heterocycles. The van der Waals surface area contributed by atoms with Crippen LogP contribution in [0.2, 0.25) is 0 Å². The molecule has 1 saturated heterocycles. The number of amides is 1. The fraction of sp³-hybridized carbons (Fsp3) is 0.562. The molecule has 0 spiro atoms. The molecule has 2 rings (SSSR count). The van der Waals surface area contributed by atoms with Gasteiger partial charge in [-0.3, -0.25) is 4.79 Å². The van der Waals surface area contributed by atoms with Crippen LogP contribution in [-0.4, -0.2) is 36.2 Å². The fourth-order valence-electron chi connectivity index (χ4n) is 2.36. The molecule has 1 N–H and O–H groups in total. The Balaban J connectivity index is 1.79. The summed E-state index contributed by atoms with van der Waals surface area (Å²) in [5, 5.41) is 3.40. The molecule has 4 heteroatoms. The normalized spacial score (nSPS) is 14.8. The van der Waals surface area contributed by atoms with Crippen molar-refractivity contribution in [3.05, 3.63) is 29.8 Å². The van der Waals surface area contributed by atoms with Gasteiger partial charge in [-0.05, 0) is 43.5 Å². The van der Waals surface area contributed by atoms with Crippen molar-refractivity contribution in [1.82, 2.24) is 10.2 Å². The van der Waals surface area contributed by atoms with E-state index in [4.69, 9.17) is 0 Å². The molecule has 1 aromatic rings. The van der Waals surface area contributed by atoms with Gasteiger partial charge in [-0.2, -0.15) is 0 Å². The predicted molar refractivity (Wildman–Crippen MR) is 85.0 cm³/mol. The molecule has 1 fully saturated rings. The fourth-order valence-corrected chi connectivity index (χ4v) is 3.24. The highest BCUT2D eigenvalue weighted by atomic mass is 32.2. The Morgan fingerprint density at radius 1 is 1.35 bits per heavy atom. The second-order valence-corrected chi connectivity index (χ2v) is 6.25. The molecular weight excluding hydrogens is 268 g/mol. The minimum Gasteiger partial charge on any atom is -0.342 e. The van der Waals surface area contributed by atoms with Crippen molar-refractivity contribution in [3.8, 4) is 0 Å². The number of carbonyl (C=O) groups excluding carboxylic acids is 1. The lowest BCUT2D eigenvalue weighted by Crippen LogP contribution is -2.29.